The predicted octanol–water partition coefficient (Wildman–Crippen LogP) is 1.58. The highest BCUT2D eigenvalue weighted by Gasteiger charge is 2.32. The van der Waals surface area contributed by atoms with Gasteiger partial charge >= 0.3 is 6.09 Å². The second kappa shape index (κ2) is 9.20. The fourth-order valence-electron chi connectivity index (χ4n) is 3.03. The molecule has 3 rings (SSSR count). The normalized spacial score (nSPS) is 15.7. The Kier molecular flexibility index (Phi) is 6.46. The molecule has 2 amide bonds. The molecule has 1 fully saturated rings. The number of ether oxygens (including phenoxy) is 1. The van der Waals surface area contributed by atoms with Crippen LogP contribution >= 0.6 is 0 Å². The summed E-state index contributed by atoms with van der Waals surface area (Å²) in [5.74, 6) is -0.171. The molecule has 1 saturated heterocycles. The van der Waals surface area contributed by atoms with Crippen molar-refractivity contribution in [2.24, 2.45) is 0 Å². The maximum Gasteiger partial charge on any atom is 0.414 e. The molecular weight excluding hydrogens is 374 g/mol. The van der Waals surface area contributed by atoms with Gasteiger partial charge in [-0.2, -0.15) is 0 Å². The minimum Gasteiger partial charge on any atom is -0.442 e. The van der Waals surface area contributed by atoms with Crippen LogP contribution in [0.5, 0.6) is 0 Å². The van der Waals surface area contributed by atoms with Crippen LogP contribution in [-0.2, 0) is 9.53 Å². The molecule has 1 aliphatic rings. The molecule has 0 spiro atoms. The van der Waals surface area contributed by atoms with Crippen LogP contribution in [0.25, 0.3) is 11.1 Å². The van der Waals surface area contributed by atoms with Gasteiger partial charge in [0, 0.05) is 19.2 Å². The number of nitrogens with zero attached hydrogens (tertiary/aromatic N) is 1. The Balaban J connectivity index is 1.73. The molecule has 0 radical (unpaired) electrons. The van der Waals surface area contributed by atoms with Crippen LogP contribution in [0.1, 0.15) is 6.92 Å². The monoisotopic (exact) mass is 397 g/mol. The van der Waals surface area contributed by atoms with Gasteiger partial charge in [0.25, 0.3) is 0 Å². The Bertz CT molecular complexity index is 946. The Morgan fingerprint density at radius 1 is 1.10 bits per heavy atom. The lowest BCUT2D eigenvalue weighted by Gasteiger charge is -2.13. The number of benzene rings is 1. The van der Waals surface area contributed by atoms with Crippen molar-refractivity contribution < 1.29 is 19.4 Å². The lowest BCUT2D eigenvalue weighted by atomic mass is 10.1. The van der Waals surface area contributed by atoms with Crippen molar-refractivity contribution in [3.8, 4) is 11.1 Å². The summed E-state index contributed by atoms with van der Waals surface area (Å²) in [5, 5.41) is 14.4. The zero-order valence-corrected chi connectivity index (χ0v) is 16.1. The average Bonchev–Trinajstić information content (AvgIpc) is 2.98. The third-order valence-electron chi connectivity index (χ3n) is 4.50. The van der Waals surface area contributed by atoms with Gasteiger partial charge in [-0.15, -0.1) is 0 Å². The molecule has 1 atom stereocenters. The topological polar surface area (TPSA) is 108 Å². The van der Waals surface area contributed by atoms with E-state index in [0.29, 0.717) is 24.5 Å². The number of cyclic esters (lactones) is 1. The molecule has 1 aliphatic heterocycles. The first-order chi connectivity index (χ1) is 14.0. The third kappa shape index (κ3) is 5.11. The first kappa shape index (κ1) is 20.3. The minimum absolute atomic E-state index is 0.0586. The molecule has 0 bridgehead atoms. The second-order valence-corrected chi connectivity index (χ2v) is 6.65. The van der Waals surface area contributed by atoms with E-state index in [0.717, 1.165) is 11.1 Å². The second-order valence-electron chi connectivity index (χ2n) is 6.65. The maximum atomic E-state index is 12.1. The Morgan fingerprint density at radius 3 is 2.41 bits per heavy atom. The van der Waals surface area contributed by atoms with Crippen molar-refractivity contribution in [1.29, 1.82) is 0 Å². The summed E-state index contributed by atoms with van der Waals surface area (Å²) >= 11 is 0. The number of hydrogen-bond acceptors (Lipinski definition) is 6. The molecule has 1 heterocycles. The molecule has 29 heavy (non-hydrogen) atoms. The molecule has 2 aromatic carbocycles. The summed E-state index contributed by atoms with van der Waals surface area (Å²) < 4.78 is 5.28. The molecule has 0 saturated carbocycles. The summed E-state index contributed by atoms with van der Waals surface area (Å²) in [4.78, 5) is 36.7. The number of anilines is 2. The Labute approximate surface area is 168 Å². The van der Waals surface area contributed by atoms with E-state index in [1.54, 1.807) is 12.1 Å². The minimum atomic E-state index is -0.449. The number of carbonyl (C=O) groups excluding carboxylic acids is 2. The zero-order chi connectivity index (χ0) is 20.8. The standard InChI is InChI=1S/C21H23N3O5/c1-14(26)23-12-18-13-24(21(28)29-18)17-6-2-15(3-7-17)16-4-8-19(22-10-11-25)20(27)9-5-16/h2-9,18,25H,10-13H2,1H3,(H,22,27)(H,23,26)/t18-/m0/s1. The van der Waals surface area contributed by atoms with Crippen LogP contribution in [0.3, 0.4) is 0 Å². The largest absolute Gasteiger partial charge is 0.442 e. The van der Waals surface area contributed by atoms with Crippen molar-refractivity contribution >= 4 is 23.4 Å². The predicted molar refractivity (Wildman–Crippen MR) is 110 cm³/mol. The number of nitrogens with one attached hydrogen (secondary N) is 2. The van der Waals surface area contributed by atoms with Crippen molar-refractivity contribution in [1.82, 2.24) is 5.32 Å². The zero-order valence-electron chi connectivity index (χ0n) is 16.1. The van der Waals surface area contributed by atoms with Crippen LogP contribution in [0.15, 0.2) is 53.3 Å². The van der Waals surface area contributed by atoms with Crippen LogP contribution < -0.4 is 21.0 Å². The highest BCUT2D eigenvalue weighted by molar-refractivity contribution is 5.90. The average molecular weight is 397 g/mol. The molecule has 2 aromatic rings. The maximum absolute atomic E-state index is 12.1. The van der Waals surface area contributed by atoms with Gasteiger partial charge < -0.3 is 20.5 Å². The van der Waals surface area contributed by atoms with Crippen molar-refractivity contribution in [3.63, 3.8) is 0 Å². The van der Waals surface area contributed by atoms with Gasteiger partial charge in [0.15, 0.2) is 0 Å². The first-order valence-electron chi connectivity index (χ1n) is 9.30. The van der Waals surface area contributed by atoms with E-state index in [1.807, 2.05) is 30.3 Å². The highest BCUT2D eigenvalue weighted by Crippen LogP contribution is 2.26. The highest BCUT2D eigenvalue weighted by atomic mass is 16.6. The fraction of sp³-hybridized carbons (Fsp3) is 0.286. The van der Waals surface area contributed by atoms with Crippen LogP contribution in [-0.4, -0.2) is 49.5 Å². The van der Waals surface area contributed by atoms with Gasteiger partial charge in [0.1, 0.15) is 6.10 Å². The summed E-state index contributed by atoms with van der Waals surface area (Å²) in [6, 6.07) is 14.1. The lowest BCUT2D eigenvalue weighted by Crippen LogP contribution is -2.33. The number of carbonyl (C=O) groups is 2. The van der Waals surface area contributed by atoms with Crippen LogP contribution in [0.4, 0.5) is 16.2 Å². The van der Waals surface area contributed by atoms with E-state index in [9.17, 15) is 14.4 Å². The molecule has 0 aromatic heterocycles. The molecule has 3 N–H and O–H groups in total. The number of aliphatic hydroxyl groups excluding tert-OH is 1. The number of aliphatic hydroxyl groups is 1. The first-order valence-corrected chi connectivity index (χ1v) is 9.30. The molecular formula is C21H23N3O5. The number of rotatable bonds is 7. The van der Waals surface area contributed by atoms with Crippen LogP contribution in [0.2, 0.25) is 0 Å². The SMILES string of the molecule is CC(=O)NC[C@H]1CN(c2ccc(-c3ccc(NCCO)c(=O)cc3)cc2)C(=O)O1. The number of hydrogen-bond donors (Lipinski definition) is 3. The Morgan fingerprint density at radius 2 is 1.76 bits per heavy atom. The van der Waals surface area contributed by atoms with Gasteiger partial charge in [-0.05, 0) is 35.4 Å². The molecule has 8 nitrogen and oxygen atoms in total. The smallest absolute Gasteiger partial charge is 0.414 e. The van der Waals surface area contributed by atoms with E-state index in [1.165, 1.54) is 17.9 Å². The molecule has 0 aliphatic carbocycles. The van der Waals surface area contributed by atoms with E-state index >= 15 is 0 Å². The summed E-state index contributed by atoms with van der Waals surface area (Å²) in [5.41, 5.74) is 2.69. The summed E-state index contributed by atoms with van der Waals surface area (Å²) in [6.45, 7) is 2.30. The van der Waals surface area contributed by atoms with E-state index in [4.69, 9.17) is 9.84 Å². The van der Waals surface area contributed by atoms with E-state index < -0.39 is 6.09 Å². The quantitative estimate of drug-likeness (QED) is 0.655. The van der Waals surface area contributed by atoms with Crippen molar-refractivity contribution in [2.75, 3.05) is 36.5 Å². The molecule has 0 unspecified atom stereocenters. The lowest BCUT2D eigenvalue weighted by molar-refractivity contribution is -0.119. The molecule has 8 heteroatoms. The number of amides is 2. The van der Waals surface area contributed by atoms with Crippen molar-refractivity contribution in [2.45, 2.75) is 13.0 Å². The Hall–Kier alpha value is -3.39. The van der Waals surface area contributed by atoms with Gasteiger partial charge in [0.2, 0.25) is 11.3 Å². The van der Waals surface area contributed by atoms with E-state index in [2.05, 4.69) is 10.6 Å². The molecule has 152 valence electrons. The van der Waals surface area contributed by atoms with Crippen molar-refractivity contribution in [3.05, 3.63) is 58.8 Å². The third-order valence-corrected chi connectivity index (χ3v) is 4.50. The van der Waals surface area contributed by atoms with Gasteiger partial charge in [-0.25, -0.2) is 4.79 Å². The fourth-order valence-corrected chi connectivity index (χ4v) is 3.03. The van der Waals surface area contributed by atoms with Crippen LogP contribution in [0, 0.1) is 0 Å². The van der Waals surface area contributed by atoms with Gasteiger partial charge in [0.05, 0.1) is 25.4 Å². The summed E-state index contributed by atoms with van der Waals surface area (Å²) in [6.07, 6.45) is -0.839. The summed E-state index contributed by atoms with van der Waals surface area (Å²) in [7, 11) is 0. The van der Waals surface area contributed by atoms with E-state index in [-0.39, 0.29) is 30.6 Å². The van der Waals surface area contributed by atoms with Gasteiger partial charge in [-0.1, -0.05) is 24.3 Å². The van der Waals surface area contributed by atoms with Gasteiger partial charge in [-0.3, -0.25) is 14.5 Å².